The van der Waals surface area contributed by atoms with Gasteiger partial charge >= 0.3 is 0 Å². The highest BCUT2D eigenvalue weighted by Gasteiger charge is 2.35. The van der Waals surface area contributed by atoms with E-state index in [0.29, 0.717) is 12.0 Å². The van der Waals surface area contributed by atoms with Crippen LogP contribution in [0, 0.1) is 12.8 Å². The molecular formula is C14H19N3S. The van der Waals surface area contributed by atoms with E-state index in [4.69, 9.17) is 5.73 Å². The molecule has 96 valence electrons. The fourth-order valence-electron chi connectivity index (χ4n) is 2.87. The number of guanidine groups is 1. The largest absolute Gasteiger partial charge is 0.370 e. The Bertz CT molecular complexity index is 466. The first-order valence-electron chi connectivity index (χ1n) is 6.50. The van der Waals surface area contributed by atoms with Crippen molar-refractivity contribution in [3.63, 3.8) is 0 Å². The van der Waals surface area contributed by atoms with Gasteiger partial charge in [-0.3, -0.25) is 4.99 Å². The van der Waals surface area contributed by atoms with E-state index in [1.165, 1.54) is 29.2 Å². The van der Waals surface area contributed by atoms with E-state index < -0.39 is 0 Å². The number of aryl methyl sites for hydroxylation is 1. The van der Waals surface area contributed by atoms with E-state index in [2.05, 4.69) is 52.8 Å². The summed E-state index contributed by atoms with van der Waals surface area (Å²) in [6, 6.07) is 8.90. The maximum atomic E-state index is 6.11. The molecule has 2 aliphatic heterocycles. The maximum absolute atomic E-state index is 6.11. The van der Waals surface area contributed by atoms with Crippen LogP contribution in [-0.2, 0) is 0 Å². The molecule has 0 spiro atoms. The standard InChI is InChI=1S/C14H19N3S/c1-10-4-2-3-5-12(10)17-13(8-16-14(17)15)11-6-7-18-9-11/h2-5,11,13H,6-9H2,1H3,(H2,15,16). The third kappa shape index (κ3) is 1.99. The second-order valence-electron chi connectivity index (χ2n) is 5.05. The normalized spacial score (nSPS) is 27.6. The van der Waals surface area contributed by atoms with Crippen molar-refractivity contribution >= 4 is 23.4 Å². The lowest BCUT2D eigenvalue weighted by Crippen LogP contribution is -2.45. The van der Waals surface area contributed by atoms with Gasteiger partial charge in [0, 0.05) is 5.69 Å². The summed E-state index contributed by atoms with van der Waals surface area (Å²) >= 11 is 2.05. The average molecular weight is 261 g/mol. The minimum absolute atomic E-state index is 0.459. The van der Waals surface area contributed by atoms with E-state index in [9.17, 15) is 0 Å². The van der Waals surface area contributed by atoms with E-state index in [0.717, 1.165) is 12.5 Å². The number of hydrogen-bond donors (Lipinski definition) is 1. The van der Waals surface area contributed by atoms with Crippen LogP contribution < -0.4 is 10.6 Å². The van der Waals surface area contributed by atoms with E-state index in [1.807, 2.05) is 0 Å². The fourth-order valence-corrected chi connectivity index (χ4v) is 4.19. The van der Waals surface area contributed by atoms with Gasteiger partial charge in [-0.2, -0.15) is 11.8 Å². The van der Waals surface area contributed by atoms with Gasteiger partial charge in [0.15, 0.2) is 5.96 Å². The summed E-state index contributed by atoms with van der Waals surface area (Å²) in [5, 5.41) is 0. The van der Waals surface area contributed by atoms with Crippen molar-refractivity contribution in [1.82, 2.24) is 0 Å². The number of nitrogens with zero attached hydrogens (tertiary/aromatic N) is 2. The van der Waals surface area contributed by atoms with Crippen molar-refractivity contribution in [1.29, 1.82) is 0 Å². The van der Waals surface area contributed by atoms with E-state index >= 15 is 0 Å². The van der Waals surface area contributed by atoms with Crippen LogP contribution in [0.15, 0.2) is 29.3 Å². The van der Waals surface area contributed by atoms with E-state index in [1.54, 1.807) is 0 Å². The Balaban J connectivity index is 1.92. The second kappa shape index (κ2) is 4.84. The number of anilines is 1. The lowest BCUT2D eigenvalue weighted by atomic mass is 9.97. The van der Waals surface area contributed by atoms with Crippen LogP contribution in [0.1, 0.15) is 12.0 Å². The van der Waals surface area contributed by atoms with Crippen molar-refractivity contribution in [3.8, 4) is 0 Å². The van der Waals surface area contributed by atoms with Crippen molar-refractivity contribution < 1.29 is 0 Å². The fraction of sp³-hybridized carbons (Fsp3) is 0.500. The van der Waals surface area contributed by atoms with Crippen LogP contribution in [0.5, 0.6) is 0 Å². The van der Waals surface area contributed by atoms with Gasteiger partial charge in [0.05, 0.1) is 12.6 Å². The molecule has 0 bridgehead atoms. The van der Waals surface area contributed by atoms with E-state index in [-0.39, 0.29) is 0 Å². The van der Waals surface area contributed by atoms with Crippen LogP contribution in [0.25, 0.3) is 0 Å². The van der Waals surface area contributed by atoms with Crippen LogP contribution in [0.2, 0.25) is 0 Å². The summed E-state index contributed by atoms with van der Waals surface area (Å²) in [7, 11) is 0. The molecule has 4 heteroatoms. The van der Waals surface area contributed by atoms with Crippen molar-refractivity contribution in [2.75, 3.05) is 23.0 Å². The van der Waals surface area contributed by atoms with Gasteiger partial charge in [0.25, 0.3) is 0 Å². The second-order valence-corrected chi connectivity index (χ2v) is 6.20. The molecule has 0 saturated carbocycles. The molecule has 2 atom stereocenters. The molecule has 1 aromatic carbocycles. The summed E-state index contributed by atoms with van der Waals surface area (Å²) < 4.78 is 0. The molecule has 1 saturated heterocycles. The van der Waals surface area contributed by atoms with Gasteiger partial charge in [0.2, 0.25) is 0 Å². The summed E-state index contributed by atoms with van der Waals surface area (Å²) in [5.41, 5.74) is 8.60. The highest BCUT2D eigenvalue weighted by molar-refractivity contribution is 7.99. The molecule has 2 heterocycles. The number of nitrogens with two attached hydrogens (primary N) is 1. The predicted molar refractivity (Wildman–Crippen MR) is 79.4 cm³/mol. The minimum atomic E-state index is 0.459. The average Bonchev–Trinajstić information content (AvgIpc) is 2.99. The molecular weight excluding hydrogens is 242 g/mol. The lowest BCUT2D eigenvalue weighted by molar-refractivity contribution is 0.486. The van der Waals surface area contributed by atoms with Crippen LogP contribution in [-0.4, -0.2) is 30.1 Å². The van der Waals surface area contributed by atoms with Crippen LogP contribution in [0.3, 0.4) is 0 Å². The van der Waals surface area contributed by atoms with Crippen LogP contribution in [0.4, 0.5) is 5.69 Å². The number of aliphatic imine (C=N–C) groups is 1. The molecule has 18 heavy (non-hydrogen) atoms. The zero-order valence-electron chi connectivity index (χ0n) is 10.7. The molecule has 2 N–H and O–H groups in total. The van der Waals surface area contributed by atoms with Crippen LogP contribution >= 0.6 is 11.8 Å². The Kier molecular flexibility index (Phi) is 3.20. The smallest absolute Gasteiger partial charge is 0.196 e. The quantitative estimate of drug-likeness (QED) is 0.888. The number of thioether (sulfide) groups is 1. The Morgan fingerprint density at radius 2 is 2.22 bits per heavy atom. The molecule has 0 aromatic heterocycles. The highest BCUT2D eigenvalue weighted by atomic mass is 32.2. The molecule has 2 unspecified atom stereocenters. The molecule has 0 aliphatic carbocycles. The summed E-state index contributed by atoms with van der Waals surface area (Å²) in [4.78, 5) is 6.73. The molecule has 1 aromatic rings. The Morgan fingerprint density at radius 3 is 2.94 bits per heavy atom. The third-order valence-electron chi connectivity index (χ3n) is 3.90. The Hall–Kier alpha value is -1.16. The number of benzene rings is 1. The molecule has 2 aliphatic rings. The van der Waals surface area contributed by atoms with Gasteiger partial charge < -0.3 is 10.6 Å². The molecule has 3 rings (SSSR count). The first-order chi connectivity index (χ1) is 8.77. The monoisotopic (exact) mass is 261 g/mol. The first-order valence-corrected chi connectivity index (χ1v) is 7.65. The van der Waals surface area contributed by atoms with Gasteiger partial charge in [-0.1, -0.05) is 18.2 Å². The number of para-hydroxylation sites is 1. The third-order valence-corrected chi connectivity index (χ3v) is 5.09. The van der Waals surface area contributed by atoms with Gasteiger partial charge in [-0.15, -0.1) is 0 Å². The maximum Gasteiger partial charge on any atom is 0.196 e. The Labute approximate surface area is 112 Å². The Morgan fingerprint density at radius 1 is 1.39 bits per heavy atom. The number of hydrogen-bond acceptors (Lipinski definition) is 4. The first kappa shape index (κ1) is 11.9. The molecule has 0 amide bonds. The van der Waals surface area contributed by atoms with Gasteiger partial charge in [0.1, 0.15) is 0 Å². The topological polar surface area (TPSA) is 41.6 Å². The SMILES string of the molecule is Cc1ccccc1N1C(N)=NCC1C1CCSC1. The summed E-state index contributed by atoms with van der Waals surface area (Å²) in [5.74, 6) is 3.93. The molecule has 0 radical (unpaired) electrons. The summed E-state index contributed by atoms with van der Waals surface area (Å²) in [6.45, 7) is 2.99. The zero-order chi connectivity index (χ0) is 12.5. The molecule has 3 nitrogen and oxygen atoms in total. The lowest BCUT2D eigenvalue weighted by Gasteiger charge is -2.31. The van der Waals surface area contributed by atoms with Gasteiger partial charge in [-0.25, -0.2) is 0 Å². The summed E-state index contributed by atoms with van der Waals surface area (Å²) in [6.07, 6.45) is 1.29. The molecule has 1 fully saturated rings. The van der Waals surface area contributed by atoms with Crippen molar-refractivity contribution in [3.05, 3.63) is 29.8 Å². The van der Waals surface area contributed by atoms with Gasteiger partial charge in [-0.05, 0) is 42.4 Å². The van der Waals surface area contributed by atoms with Crippen molar-refractivity contribution in [2.24, 2.45) is 16.6 Å². The zero-order valence-corrected chi connectivity index (χ0v) is 11.5. The minimum Gasteiger partial charge on any atom is -0.370 e. The number of rotatable bonds is 2. The van der Waals surface area contributed by atoms with Crippen molar-refractivity contribution in [2.45, 2.75) is 19.4 Å². The highest BCUT2D eigenvalue weighted by Crippen LogP contribution is 2.34. The predicted octanol–water partition coefficient (Wildman–Crippen LogP) is 2.25.